The van der Waals surface area contributed by atoms with Crippen molar-refractivity contribution in [3.63, 3.8) is 0 Å². The highest BCUT2D eigenvalue weighted by Gasteiger charge is 2.43. The summed E-state index contributed by atoms with van der Waals surface area (Å²) in [5, 5.41) is 0.0960. The fourth-order valence-corrected chi connectivity index (χ4v) is 4.66. The molecule has 4 aromatic rings. The number of carbonyl (C=O) groups excluding carboxylic acids is 1. The van der Waals surface area contributed by atoms with Gasteiger partial charge in [0.15, 0.2) is 16.9 Å². The molecule has 0 saturated carbocycles. The summed E-state index contributed by atoms with van der Waals surface area (Å²) in [4.78, 5) is 28.9. The van der Waals surface area contributed by atoms with E-state index in [0.717, 1.165) is 18.1 Å². The van der Waals surface area contributed by atoms with E-state index < -0.39 is 23.2 Å². The fraction of sp³-hybridized carbons (Fsp3) is 0.267. The largest absolute Gasteiger partial charge is 0.493 e. The molecule has 1 aliphatic heterocycles. The number of hydrogen-bond donors (Lipinski definition) is 0. The monoisotopic (exact) mass is 501 g/mol. The summed E-state index contributed by atoms with van der Waals surface area (Å²) in [5.41, 5.74) is 1.50. The van der Waals surface area contributed by atoms with Crippen LogP contribution in [0.2, 0.25) is 0 Å². The average molecular weight is 502 g/mol. The van der Waals surface area contributed by atoms with Crippen LogP contribution in [0.3, 0.4) is 0 Å². The van der Waals surface area contributed by atoms with Crippen LogP contribution in [0.25, 0.3) is 11.0 Å². The van der Waals surface area contributed by atoms with Gasteiger partial charge in [-0.3, -0.25) is 9.59 Å². The number of methoxy groups -OCH3 is 1. The van der Waals surface area contributed by atoms with Crippen molar-refractivity contribution < 1.29 is 23.1 Å². The molecule has 1 aliphatic rings. The zero-order chi connectivity index (χ0) is 26.1. The first-order valence-corrected chi connectivity index (χ1v) is 12.3. The number of fused-ring (bicyclic) bond motifs is 2. The minimum Gasteiger partial charge on any atom is -0.493 e. The van der Waals surface area contributed by atoms with Crippen molar-refractivity contribution in [1.82, 2.24) is 4.90 Å². The Hall–Kier alpha value is -4.13. The molecule has 190 valence electrons. The van der Waals surface area contributed by atoms with E-state index in [1.807, 2.05) is 36.4 Å². The molecule has 37 heavy (non-hydrogen) atoms. The molecule has 0 spiro atoms. The lowest BCUT2D eigenvalue weighted by Gasteiger charge is -2.26. The molecule has 1 amide bonds. The van der Waals surface area contributed by atoms with Crippen molar-refractivity contribution in [2.45, 2.75) is 32.9 Å². The minimum absolute atomic E-state index is 0.0266. The Balaban J connectivity index is 1.64. The van der Waals surface area contributed by atoms with E-state index in [9.17, 15) is 14.0 Å². The maximum Gasteiger partial charge on any atom is 0.291 e. The van der Waals surface area contributed by atoms with Crippen molar-refractivity contribution in [3.8, 4) is 11.5 Å². The van der Waals surface area contributed by atoms with Crippen LogP contribution in [-0.4, -0.2) is 24.5 Å². The van der Waals surface area contributed by atoms with Crippen LogP contribution in [-0.2, 0) is 6.54 Å². The van der Waals surface area contributed by atoms with Crippen molar-refractivity contribution >= 4 is 16.9 Å². The molecule has 7 heteroatoms. The Bertz CT molecular complexity index is 1510. The van der Waals surface area contributed by atoms with Gasteiger partial charge in [0.2, 0.25) is 5.76 Å². The molecule has 1 atom stereocenters. The normalized spacial score (nSPS) is 14.9. The number of rotatable bonds is 8. The van der Waals surface area contributed by atoms with Crippen LogP contribution in [0.15, 0.2) is 75.9 Å². The van der Waals surface area contributed by atoms with Gasteiger partial charge in [-0.25, -0.2) is 4.39 Å². The standard InChI is InChI=1S/C30H28FNO5/c1-18(2)13-14-36-24-11-9-20(15-25(24)35-3)27-26-28(33)22-16-21(31)10-12-23(22)37-29(26)30(34)32(27)17-19-7-5-4-6-8-19/h4-12,15-16,18,27H,13-14,17H2,1-3H3. The molecule has 1 aromatic heterocycles. The Morgan fingerprint density at radius 2 is 1.78 bits per heavy atom. The van der Waals surface area contributed by atoms with Gasteiger partial charge in [0.1, 0.15) is 11.4 Å². The molecule has 6 nitrogen and oxygen atoms in total. The first-order valence-electron chi connectivity index (χ1n) is 12.3. The minimum atomic E-state index is -0.745. The summed E-state index contributed by atoms with van der Waals surface area (Å²) in [6.45, 7) is 5.05. The van der Waals surface area contributed by atoms with Crippen LogP contribution in [0, 0.1) is 11.7 Å². The van der Waals surface area contributed by atoms with Crippen molar-refractivity contribution in [2.75, 3.05) is 13.7 Å². The molecule has 5 rings (SSSR count). The number of hydrogen-bond acceptors (Lipinski definition) is 5. The van der Waals surface area contributed by atoms with Crippen LogP contribution in [0.4, 0.5) is 4.39 Å². The highest BCUT2D eigenvalue weighted by atomic mass is 19.1. The van der Waals surface area contributed by atoms with Gasteiger partial charge in [-0.2, -0.15) is 0 Å². The Labute approximate surface area is 214 Å². The summed E-state index contributed by atoms with van der Waals surface area (Å²) in [5.74, 6) is 0.601. The quantitative estimate of drug-likeness (QED) is 0.291. The lowest BCUT2D eigenvalue weighted by molar-refractivity contribution is 0.0714. The zero-order valence-electron chi connectivity index (χ0n) is 21.0. The summed E-state index contributed by atoms with van der Waals surface area (Å²) in [6, 6.07) is 17.9. The second kappa shape index (κ2) is 10.1. The second-order valence-corrected chi connectivity index (χ2v) is 9.58. The first kappa shape index (κ1) is 24.6. The fourth-order valence-electron chi connectivity index (χ4n) is 4.66. The van der Waals surface area contributed by atoms with Gasteiger partial charge in [-0.1, -0.05) is 50.2 Å². The van der Waals surface area contributed by atoms with Gasteiger partial charge in [-0.05, 0) is 53.8 Å². The molecule has 2 heterocycles. The smallest absolute Gasteiger partial charge is 0.291 e. The summed E-state index contributed by atoms with van der Waals surface area (Å²) in [7, 11) is 1.55. The third-order valence-corrected chi connectivity index (χ3v) is 6.58. The van der Waals surface area contributed by atoms with Gasteiger partial charge < -0.3 is 18.8 Å². The van der Waals surface area contributed by atoms with Crippen molar-refractivity contribution in [3.05, 3.63) is 105 Å². The van der Waals surface area contributed by atoms with Gasteiger partial charge in [-0.15, -0.1) is 0 Å². The number of amides is 1. The SMILES string of the molecule is COc1cc(C2c3c(oc4ccc(F)cc4c3=O)C(=O)N2Cc2ccccc2)ccc1OCCC(C)C. The maximum atomic E-state index is 14.0. The molecule has 0 fully saturated rings. The second-order valence-electron chi connectivity index (χ2n) is 9.58. The first-order chi connectivity index (χ1) is 17.9. The van der Waals surface area contributed by atoms with Crippen LogP contribution >= 0.6 is 0 Å². The van der Waals surface area contributed by atoms with Crippen LogP contribution in [0.5, 0.6) is 11.5 Å². The molecular formula is C30H28FNO5. The Kier molecular flexibility index (Phi) is 6.70. The zero-order valence-corrected chi connectivity index (χ0v) is 21.0. The summed E-state index contributed by atoms with van der Waals surface area (Å²) < 4.78 is 31.5. The van der Waals surface area contributed by atoms with Gasteiger partial charge in [0.25, 0.3) is 5.91 Å². The third-order valence-electron chi connectivity index (χ3n) is 6.58. The number of benzene rings is 3. The van der Waals surface area contributed by atoms with E-state index >= 15 is 0 Å². The van der Waals surface area contributed by atoms with Crippen molar-refractivity contribution in [1.29, 1.82) is 0 Å². The van der Waals surface area contributed by atoms with E-state index in [-0.39, 0.29) is 28.8 Å². The van der Waals surface area contributed by atoms with Crippen LogP contribution in [0.1, 0.15) is 53.6 Å². The lowest BCUT2D eigenvalue weighted by atomic mass is 9.97. The molecule has 1 unspecified atom stereocenters. The number of ether oxygens (including phenoxy) is 2. The van der Waals surface area contributed by atoms with Crippen molar-refractivity contribution in [2.24, 2.45) is 5.92 Å². The van der Waals surface area contributed by atoms with Gasteiger partial charge >= 0.3 is 0 Å². The highest BCUT2D eigenvalue weighted by molar-refractivity contribution is 5.99. The molecule has 0 bridgehead atoms. The molecular weight excluding hydrogens is 473 g/mol. The predicted molar refractivity (Wildman–Crippen MR) is 139 cm³/mol. The molecule has 0 N–H and O–H groups in total. The maximum absolute atomic E-state index is 14.0. The van der Waals surface area contributed by atoms with Gasteiger partial charge in [0, 0.05) is 6.54 Å². The molecule has 0 radical (unpaired) electrons. The van der Waals surface area contributed by atoms with Gasteiger partial charge in [0.05, 0.1) is 30.7 Å². The lowest BCUT2D eigenvalue weighted by Crippen LogP contribution is -2.29. The van der Waals surface area contributed by atoms with Crippen LogP contribution < -0.4 is 14.9 Å². The molecule has 0 aliphatic carbocycles. The van der Waals surface area contributed by atoms with E-state index in [1.54, 1.807) is 24.1 Å². The predicted octanol–water partition coefficient (Wildman–Crippen LogP) is 6.11. The third kappa shape index (κ3) is 4.69. The number of nitrogens with zero attached hydrogens (tertiary/aromatic N) is 1. The Morgan fingerprint density at radius 1 is 1.00 bits per heavy atom. The average Bonchev–Trinajstić information content (AvgIpc) is 3.16. The summed E-state index contributed by atoms with van der Waals surface area (Å²) >= 11 is 0. The summed E-state index contributed by atoms with van der Waals surface area (Å²) in [6.07, 6.45) is 0.894. The topological polar surface area (TPSA) is 69.0 Å². The highest BCUT2D eigenvalue weighted by Crippen LogP contribution is 2.41. The number of halogens is 1. The van der Waals surface area contributed by atoms with E-state index in [1.165, 1.54) is 12.1 Å². The Morgan fingerprint density at radius 3 is 2.51 bits per heavy atom. The molecule has 3 aromatic carbocycles. The number of carbonyl (C=O) groups is 1. The van der Waals surface area contributed by atoms with E-state index in [0.29, 0.717) is 29.6 Å². The molecule has 0 saturated heterocycles. The van der Waals surface area contributed by atoms with E-state index in [2.05, 4.69) is 13.8 Å². The van der Waals surface area contributed by atoms with E-state index in [4.69, 9.17) is 13.9 Å².